The summed E-state index contributed by atoms with van der Waals surface area (Å²) in [5.41, 5.74) is 0. The molecule has 16 heavy (non-hydrogen) atoms. The third kappa shape index (κ3) is 2.17. The minimum Gasteiger partial charge on any atom is -0.479 e. The van der Waals surface area contributed by atoms with E-state index in [2.05, 4.69) is 4.90 Å². The van der Waals surface area contributed by atoms with E-state index in [0.717, 1.165) is 19.5 Å². The second-order valence-corrected chi connectivity index (χ2v) is 4.39. The van der Waals surface area contributed by atoms with Crippen LogP contribution in [0.1, 0.15) is 6.42 Å². The SMILES string of the molecule is CN1CCC(N2CC(C(=O)O)OCC2=O)C1. The number of hydrogen-bond acceptors (Lipinski definition) is 4. The summed E-state index contributed by atoms with van der Waals surface area (Å²) >= 11 is 0. The number of hydrogen-bond donors (Lipinski definition) is 1. The summed E-state index contributed by atoms with van der Waals surface area (Å²) in [6.45, 7) is 1.83. The maximum Gasteiger partial charge on any atom is 0.334 e. The highest BCUT2D eigenvalue weighted by Crippen LogP contribution is 2.18. The van der Waals surface area contributed by atoms with E-state index in [-0.39, 0.29) is 25.1 Å². The Kier molecular flexibility index (Phi) is 3.11. The molecule has 0 saturated carbocycles. The van der Waals surface area contributed by atoms with Crippen molar-refractivity contribution in [2.75, 3.05) is 33.3 Å². The molecule has 2 rings (SSSR count). The predicted molar refractivity (Wildman–Crippen MR) is 55.0 cm³/mol. The monoisotopic (exact) mass is 228 g/mol. The highest BCUT2D eigenvalue weighted by Gasteiger charge is 2.36. The number of carboxylic acid groups (broad SMARTS) is 1. The zero-order valence-electron chi connectivity index (χ0n) is 9.26. The van der Waals surface area contributed by atoms with Gasteiger partial charge in [-0.25, -0.2) is 4.79 Å². The van der Waals surface area contributed by atoms with Crippen molar-refractivity contribution in [3.8, 4) is 0 Å². The van der Waals surface area contributed by atoms with Gasteiger partial charge in [-0.2, -0.15) is 0 Å². The molecule has 6 heteroatoms. The van der Waals surface area contributed by atoms with Crippen LogP contribution in [0, 0.1) is 0 Å². The number of likely N-dealkylation sites (N-methyl/N-ethyl adjacent to an activating group) is 1. The van der Waals surface area contributed by atoms with Crippen LogP contribution in [0.2, 0.25) is 0 Å². The van der Waals surface area contributed by atoms with Crippen molar-refractivity contribution in [1.82, 2.24) is 9.80 Å². The Morgan fingerprint density at radius 2 is 2.25 bits per heavy atom. The molecule has 2 aliphatic rings. The molecule has 0 aliphatic carbocycles. The molecule has 90 valence electrons. The number of aliphatic carboxylic acids is 1. The highest BCUT2D eigenvalue weighted by atomic mass is 16.5. The van der Waals surface area contributed by atoms with E-state index >= 15 is 0 Å². The summed E-state index contributed by atoms with van der Waals surface area (Å²) in [5, 5.41) is 8.86. The summed E-state index contributed by atoms with van der Waals surface area (Å²) in [7, 11) is 2.00. The van der Waals surface area contributed by atoms with E-state index in [4.69, 9.17) is 9.84 Å². The Balaban J connectivity index is 2.01. The molecule has 2 saturated heterocycles. The number of carbonyl (C=O) groups excluding carboxylic acids is 1. The number of nitrogens with zero attached hydrogens (tertiary/aromatic N) is 2. The van der Waals surface area contributed by atoms with Gasteiger partial charge in [-0.15, -0.1) is 0 Å². The van der Waals surface area contributed by atoms with Crippen molar-refractivity contribution in [2.45, 2.75) is 18.6 Å². The van der Waals surface area contributed by atoms with Crippen molar-refractivity contribution in [2.24, 2.45) is 0 Å². The summed E-state index contributed by atoms with van der Waals surface area (Å²) in [6.07, 6.45) is 0.0396. The molecule has 2 heterocycles. The molecule has 0 aromatic carbocycles. The van der Waals surface area contributed by atoms with Crippen LogP contribution in [-0.4, -0.2) is 72.2 Å². The van der Waals surface area contributed by atoms with Gasteiger partial charge < -0.3 is 19.6 Å². The lowest BCUT2D eigenvalue weighted by molar-refractivity contribution is -0.166. The molecule has 6 nitrogen and oxygen atoms in total. The van der Waals surface area contributed by atoms with Crippen LogP contribution in [0.5, 0.6) is 0 Å². The van der Waals surface area contributed by atoms with Gasteiger partial charge in [-0.1, -0.05) is 0 Å². The zero-order valence-corrected chi connectivity index (χ0v) is 9.26. The number of carbonyl (C=O) groups is 2. The van der Waals surface area contributed by atoms with Gasteiger partial charge in [-0.3, -0.25) is 4.79 Å². The topological polar surface area (TPSA) is 70.1 Å². The van der Waals surface area contributed by atoms with Gasteiger partial charge in [0.2, 0.25) is 5.91 Å². The van der Waals surface area contributed by atoms with E-state index in [1.807, 2.05) is 7.05 Å². The fourth-order valence-electron chi connectivity index (χ4n) is 2.26. The molecular weight excluding hydrogens is 212 g/mol. The molecule has 0 radical (unpaired) electrons. The second-order valence-electron chi connectivity index (χ2n) is 4.39. The molecule has 0 aromatic rings. The van der Waals surface area contributed by atoms with Gasteiger partial charge in [0.1, 0.15) is 6.61 Å². The first-order valence-corrected chi connectivity index (χ1v) is 5.40. The maximum atomic E-state index is 11.6. The quantitative estimate of drug-likeness (QED) is 0.656. The minimum atomic E-state index is -0.996. The lowest BCUT2D eigenvalue weighted by atomic mass is 10.1. The first-order valence-electron chi connectivity index (χ1n) is 5.40. The molecular formula is C10H16N2O4. The van der Waals surface area contributed by atoms with E-state index in [0.29, 0.717) is 0 Å². The third-order valence-electron chi connectivity index (χ3n) is 3.17. The first-order chi connectivity index (χ1) is 7.58. The van der Waals surface area contributed by atoms with E-state index < -0.39 is 12.1 Å². The number of likely N-dealkylation sites (tertiary alicyclic amines) is 1. The Morgan fingerprint density at radius 3 is 2.81 bits per heavy atom. The van der Waals surface area contributed by atoms with Crippen molar-refractivity contribution in [3.63, 3.8) is 0 Å². The van der Waals surface area contributed by atoms with Gasteiger partial charge in [0, 0.05) is 12.6 Å². The highest BCUT2D eigenvalue weighted by molar-refractivity contribution is 5.82. The van der Waals surface area contributed by atoms with Gasteiger partial charge in [0.05, 0.1) is 6.54 Å². The van der Waals surface area contributed by atoms with Crippen LogP contribution < -0.4 is 0 Å². The van der Waals surface area contributed by atoms with Gasteiger partial charge in [0.25, 0.3) is 0 Å². The van der Waals surface area contributed by atoms with Crippen LogP contribution in [0.15, 0.2) is 0 Å². The Labute approximate surface area is 93.8 Å². The molecule has 0 bridgehead atoms. The van der Waals surface area contributed by atoms with Crippen molar-refractivity contribution >= 4 is 11.9 Å². The van der Waals surface area contributed by atoms with Crippen LogP contribution in [-0.2, 0) is 14.3 Å². The smallest absolute Gasteiger partial charge is 0.334 e. The van der Waals surface area contributed by atoms with Crippen molar-refractivity contribution in [1.29, 1.82) is 0 Å². The number of ether oxygens (including phenoxy) is 1. The zero-order chi connectivity index (χ0) is 11.7. The van der Waals surface area contributed by atoms with Crippen LogP contribution in [0.4, 0.5) is 0 Å². The molecule has 0 spiro atoms. The van der Waals surface area contributed by atoms with E-state index in [1.165, 1.54) is 0 Å². The summed E-state index contributed by atoms with van der Waals surface area (Å²) < 4.78 is 4.96. The summed E-state index contributed by atoms with van der Waals surface area (Å²) in [6, 6.07) is 0.142. The lowest BCUT2D eigenvalue weighted by Gasteiger charge is -2.35. The Bertz CT molecular complexity index is 307. The number of amides is 1. The van der Waals surface area contributed by atoms with Crippen LogP contribution in [0.25, 0.3) is 0 Å². The van der Waals surface area contributed by atoms with Crippen LogP contribution in [0.3, 0.4) is 0 Å². The third-order valence-corrected chi connectivity index (χ3v) is 3.17. The van der Waals surface area contributed by atoms with Crippen molar-refractivity contribution in [3.05, 3.63) is 0 Å². The van der Waals surface area contributed by atoms with E-state index in [1.54, 1.807) is 4.90 Å². The Hall–Kier alpha value is -1.14. The van der Waals surface area contributed by atoms with Crippen LogP contribution >= 0.6 is 0 Å². The molecule has 2 fully saturated rings. The van der Waals surface area contributed by atoms with Gasteiger partial charge >= 0.3 is 5.97 Å². The molecule has 1 N–H and O–H groups in total. The fraction of sp³-hybridized carbons (Fsp3) is 0.800. The molecule has 2 atom stereocenters. The maximum absolute atomic E-state index is 11.6. The Morgan fingerprint density at radius 1 is 1.50 bits per heavy atom. The lowest BCUT2D eigenvalue weighted by Crippen LogP contribution is -2.54. The second kappa shape index (κ2) is 4.39. The van der Waals surface area contributed by atoms with Gasteiger partial charge in [-0.05, 0) is 20.0 Å². The predicted octanol–water partition coefficient (Wildman–Crippen LogP) is -0.997. The molecule has 2 unspecified atom stereocenters. The number of carboxylic acids is 1. The largest absolute Gasteiger partial charge is 0.479 e. The summed E-state index contributed by atoms with van der Waals surface area (Å²) in [5.74, 6) is -1.10. The average molecular weight is 228 g/mol. The van der Waals surface area contributed by atoms with Crippen molar-refractivity contribution < 1.29 is 19.4 Å². The van der Waals surface area contributed by atoms with Gasteiger partial charge in [0.15, 0.2) is 6.10 Å². The van der Waals surface area contributed by atoms with E-state index in [9.17, 15) is 9.59 Å². The molecule has 0 aromatic heterocycles. The standard InChI is InChI=1S/C10H16N2O4/c1-11-3-2-7(4-11)12-5-8(10(14)15)16-6-9(12)13/h7-8H,2-6H2,1H3,(H,14,15). The fourth-order valence-corrected chi connectivity index (χ4v) is 2.26. The molecule has 2 aliphatic heterocycles. The summed E-state index contributed by atoms with van der Waals surface area (Å²) in [4.78, 5) is 26.3. The number of rotatable bonds is 2. The first kappa shape index (κ1) is 11.3. The normalized spacial score (nSPS) is 32.1. The average Bonchev–Trinajstić information content (AvgIpc) is 2.65. The minimum absolute atomic E-state index is 0.0993. The number of morpholine rings is 1. The molecule has 1 amide bonds.